The van der Waals surface area contributed by atoms with Gasteiger partial charge in [0.15, 0.2) is 0 Å². The summed E-state index contributed by atoms with van der Waals surface area (Å²) in [5, 5.41) is 31.9. The van der Waals surface area contributed by atoms with E-state index in [1.807, 2.05) is 6.07 Å². The van der Waals surface area contributed by atoms with Gasteiger partial charge in [-0.15, -0.1) is 0 Å². The third kappa shape index (κ3) is 3.73. The van der Waals surface area contributed by atoms with Crippen molar-refractivity contribution < 1.29 is 14.8 Å². The van der Waals surface area contributed by atoms with Gasteiger partial charge < -0.3 is 10.4 Å². The molecule has 0 aliphatic heterocycles. The molecule has 0 radical (unpaired) electrons. The molecule has 1 aromatic carbocycles. The molecule has 2 N–H and O–H groups in total. The molecule has 0 amide bonds. The average Bonchev–Trinajstić information content (AvgIpc) is 2.53. The van der Waals surface area contributed by atoms with E-state index in [0.717, 1.165) is 12.8 Å². The Kier molecular flexibility index (Phi) is 4.94. The maximum absolute atomic E-state index is 11.0. The number of carbonyl (C=O) groups is 1. The molecule has 7 nitrogen and oxygen atoms in total. The van der Waals surface area contributed by atoms with Crippen molar-refractivity contribution in [2.24, 2.45) is 11.8 Å². The molecule has 0 heterocycles. The molecule has 116 valence electrons. The van der Waals surface area contributed by atoms with E-state index >= 15 is 0 Å². The molecule has 7 heteroatoms. The Morgan fingerprint density at radius 2 is 2.09 bits per heavy atom. The molecule has 22 heavy (non-hydrogen) atoms. The number of carboxylic acid groups (broad SMARTS) is 1. The van der Waals surface area contributed by atoms with Gasteiger partial charge in [-0.1, -0.05) is 0 Å². The van der Waals surface area contributed by atoms with E-state index in [1.165, 1.54) is 12.1 Å². The fourth-order valence-electron chi connectivity index (χ4n) is 2.77. The Bertz CT molecular complexity index is 616. The van der Waals surface area contributed by atoms with Crippen molar-refractivity contribution in [2.75, 3.05) is 11.9 Å². The third-order valence-corrected chi connectivity index (χ3v) is 4.10. The summed E-state index contributed by atoms with van der Waals surface area (Å²) in [5.74, 6) is -0.694. The van der Waals surface area contributed by atoms with Crippen LogP contribution in [0, 0.1) is 33.3 Å². The summed E-state index contributed by atoms with van der Waals surface area (Å²) in [6, 6.07) is 6.22. The van der Waals surface area contributed by atoms with Crippen molar-refractivity contribution in [3.8, 4) is 6.07 Å². The van der Waals surface area contributed by atoms with E-state index in [9.17, 15) is 14.9 Å². The Hall–Kier alpha value is -2.62. The third-order valence-electron chi connectivity index (χ3n) is 4.10. The maximum atomic E-state index is 11.0. The lowest BCUT2D eigenvalue weighted by molar-refractivity contribution is -0.384. The number of rotatable bonds is 5. The van der Waals surface area contributed by atoms with Crippen molar-refractivity contribution in [1.82, 2.24) is 0 Å². The number of carboxylic acids is 1. The molecule has 1 aliphatic rings. The minimum Gasteiger partial charge on any atom is -0.481 e. The van der Waals surface area contributed by atoms with E-state index < -0.39 is 10.9 Å². The summed E-state index contributed by atoms with van der Waals surface area (Å²) in [7, 11) is 0. The second-order valence-electron chi connectivity index (χ2n) is 5.54. The first-order valence-electron chi connectivity index (χ1n) is 7.16. The number of nitro groups is 1. The second-order valence-corrected chi connectivity index (χ2v) is 5.54. The van der Waals surface area contributed by atoms with Gasteiger partial charge in [0.2, 0.25) is 0 Å². The number of hydrogen-bond donors (Lipinski definition) is 2. The minimum absolute atomic E-state index is 0.113. The monoisotopic (exact) mass is 303 g/mol. The molecular weight excluding hydrogens is 286 g/mol. The number of nitriles is 1. The van der Waals surface area contributed by atoms with Gasteiger partial charge in [0.05, 0.1) is 22.5 Å². The molecule has 1 saturated carbocycles. The van der Waals surface area contributed by atoms with Crippen LogP contribution in [0.25, 0.3) is 0 Å². The summed E-state index contributed by atoms with van der Waals surface area (Å²) in [6.07, 6.45) is 2.90. The number of nitro benzene ring substituents is 1. The van der Waals surface area contributed by atoms with Gasteiger partial charge in [0.25, 0.3) is 5.69 Å². The minimum atomic E-state index is -0.742. The highest BCUT2D eigenvalue weighted by Crippen LogP contribution is 2.31. The highest BCUT2D eigenvalue weighted by atomic mass is 16.6. The molecule has 0 atom stereocenters. The predicted molar refractivity (Wildman–Crippen MR) is 79.4 cm³/mol. The molecule has 2 rings (SSSR count). The molecule has 0 spiro atoms. The van der Waals surface area contributed by atoms with Crippen LogP contribution in [0.1, 0.15) is 31.2 Å². The van der Waals surface area contributed by atoms with E-state index in [1.54, 1.807) is 6.07 Å². The molecule has 1 aromatic rings. The second kappa shape index (κ2) is 6.89. The maximum Gasteiger partial charge on any atom is 0.306 e. The number of benzene rings is 1. The van der Waals surface area contributed by atoms with Gasteiger partial charge in [0.1, 0.15) is 5.69 Å². The molecule has 1 fully saturated rings. The summed E-state index contributed by atoms with van der Waals surface area (Å²) < 4.78 is 0. The van der Waals surface area contributed by atoms with Crippen LogP contribution in [0.2, 0.25) is 0 Å². The normalized spacial score (nSPS) is 20.9. The van der Waals surface area contributed by atoms with Crippen molar-refractivity contribution in [3.05, 3.63) is 33.9 Å². The average molecular weight is 303 g/mol. The Morgan fingerprint density at radius 1 is 1.41 bits per heavy atom. The van der Waals surface area contributed by atoms with Crippen molar-refractivity contribution in [1.29, 1.82) is 5.26 Å². The van der Waals surface area contributed by atoms with Crippen LogP contribution in [-0.4, -0.2) is 22.5 Å². The van der Waals surface area contributed by atoms with E-state index in [-0.39, 0.29) is 17.2 Å². The Balaban J connectivity index is 1.96. The SMILES string of the molecule is N#Cc1ccc(NCC2CCC(C(=O)O)CC2)c([N+](=O)[O-])c1. The Labute approximate surface area is 127 Å². The van der Waals surface area contributed by atoms with Crippen molar-refractivity contribution >= 4 is 17.3 Å². The molecule has 0 bridgehead atoms. The zero-order valence-corrected chi connectivity index (χ0v) is 12.0. The first-order chi connectivity index (χ1) is 10.5. The summed E-state index contributed by atoms with van der Waals surface area (Å²) in [4.78, 5) is 21.4. The lowest BCUT2D eigenvalue weighted by Gasteiger charge is -2.26. The lowest BCUT2D eigenvalue weighted by Crippen LogP contribution is -2.25. The number of nitrogens with one attached hydrogen (secondary N) is 1. The number of anilines is 1. The van der Waals surface area contributed by atoms with E-state index in [0.29, 0.717) is 31.0 Å². The first-order valence-corrected chi connectivity index (χ1v) is 7.16. The summed E-state index contributed by atoms with van der Waals surface area (Å²) in [5.41, 5.74) is 0.529. The number of aliphatic carboxylic acids is 1. The van der Waals surface area contributed by atoms with Gasteiger partial charge in [-0.3, -0.25) is 14.9 Å². The van der Waals surface area contributed by atoms with Gasteiger partial charge in [-0.25, -0.2) is 0 Å². The van der Waals surface area contributed by atoms with Crippen LogP contribution in [0.3, 0.4) is 0 Å². The van der Waals surface area contributed by atoms with Crippen molar-refractivity contribution in [2.45, 2.75) is 25.7 Å². The topological polar surface area (TPSA) is 116 Å². The number of hydrogen-bond acceptors (Lipinski definition) is 5. The van der Waals surface area contributed by atoms with Gasteiger partial charge in [-0.05, 0) is 43.7 Å². The van der Waals surface area contributed by atoms with Crippen LogP contribution in [0.4, 0.5) is 11.4 Å². The molecule has 0 aromatic heterocycles. The van der Waals surface area contributed by atoms with Crippen LogP contribution < -0.4 is 5.32 Å². The fraction of sp³-hybridized carbons (Fsp3) is 0.467. The molecule has 1 aliphatic carbocycles. The highest BCUT2D eigenvalue weighted by molar-refractivity contribution is 5.70. The molecular formula is C15H17N3O4. The largest absolute Gasteiger partial charge is 0.481 e. The standard InChI is InChI=1S/C15H17N3O4/c16-8-11-3-6-13(14(7-11)18(21)22)17-9-10-1-4-12(5-2-10)15(19)20/h3,6-7,10,12,17H,1-2,4-5,9H2,(H,19,20). The van der Waals surface area contributed by atoms with Crippen LogP contribution >= 0.6 is 0 Å². The smallest absolute Gasteiger partial charge is 0.306 e. The first kappa shape index (κ1) is 15.8. The quantitative estimate of drug-likeness (QED) is 0.638. The zero-order valence-electron chi connectivity index (χ0n) is 12.0. The van der Waals surface area contributed by atoms with E-state index in [4.69, 9.17) is 10.4 Å². The zero-order chi connectivity index (χ0) is 16.1. The van der Waals surface area contributed by atoms with Crippen LogP contribution in [-0.2, 0) is 4.79 Å². The van der Waals surface area contributed by atoms with Gasteiger partial charge in [0, 0.05) is 12.6 Å². The molecule has 0 unspecified atom stereocenters. The number of nitrogens with zero attached hydrogens (tertiary/aromatic N) is 2. The Morgan fingerprint density at radius 3 is 2.64 bits per heavy atom. The van der Waals surface area contributed by atoms with Crippen LogP contribution in [0.15, 0.2) is 18.2 Å². The van der Waals surface area contributed by atoms with Crippen LogP contribution in [0.5, 0.6) is 0 Å². The van der Waals surface area contributed by atoms with Gasteiger partial charge in [-0.2, -0.15) is 5.26 Å². The fourth-order valence-corrected chi connectivity index (χ4v) is 2.77. The lowest BCUT2D eigenvalue weighted by atomic mass is 9.82. The van der Waals surface area contributed by atoms with E-state index in [2.05, 4.69) is 5.32 Å². The van der Waals surface area contributed by atoms with Crippen molar-refractivity contribution in [3.63, 3.8) is 0 Å². The highest BCUT2D eigenvalue weighted by Gasteiger charge is 2.26. The predicted octanol–water partition coefficient (Wildman–Crippen LogP) is 2.77. The summed E-state index contributed by atoms with van der Waals surface area (Å²) in [6.45, 7) is 0.569. The summed E-state index contributed by atoms with van der Waals surface area (Å²) >= 11 is 0. The van der Waals surface area contributed by atoms with Gasteiger partial charge >= 0.3 is 5.97 Å². The molecule has 0 saturated heterocycles.